The molecule has 1 saturated carbocycles. The molecule has 0 atom stereocenters. The summed E-state index contributed by atoms with van der Waals surface area (Å²) in [4.78, 5) is 31.4. The highest BCUT2D eigenvalue weighted by atomic mass is 19.1. The standard InChI is InChI=1S/C29H33FN6O3/c1-34(2)9-10-35-8-6-24-23(15-35)26(5-7-32-24)38-22-12-29(13-22)17-36(18-29)28-27(14-31-19-33-28)39-25-4-3-21(30)11-20(25)16-37/h3-5,7,11,14,16,19,22H,6,8-10,12-13,15,17-18H2,1-2H3. The number of hydrogen-bond acceptors (Lipinski definition) is 9. The monoisotopic (exact) mass is 532 g/mol. The lowest BCUT2D eigenvalue weighted by Crippen LogP contribution is -2.65. The second kappa shape index (κ2) is 10.5. The maximum Gasteiger partial charge on any atom is 0.188 e. The molecule has 1 aliphatic carbocycles. The lowest BCUT2D eigenvalue weighted by atomic mass is 9.61. The van der Waals surface area contributed by atoms with Gasteiger partial charge in [0, 0.05) is 68.6 Å². The van der Waals surface area contributed by atoms with Crippen molar-refractivity contribution in [3.8, 4) is 17.2 Å². The summed E-state index contributed by atoms with van der Waals surface area (Å²) in [6.07, 6.45) is 8.63. The fourth-order valence-corrected chi connectivity index (χ4v) is 5.89. The molecule has 0 bridgehead atoms. The third-order valence-corrected chi connectivity index (χ3v) is 7.96. The number of carbonyl (C=O) groups is 1. The summed E-state index contributed by atoms with van der Waals surface area (Å²) >= 11 is 0. The van der Waals surface area contributed by atoms with Gasteiger partial charge in [-0.2, -0.15) is 0 Å². The van der Waals surface area contributed by atoms with Crippen molar-refractivity contribution < 1.29 is 18.7 Å². The Kier molecular flexibility index (Phi) is 6.90. The van der Waals surface area contributed by atoms with Gasteiger partial charge in [0.1, 0.15) is 29.7 Å². The number of fused-ring (bicyclic) bond motifs is 1. The average Bonchev–Trinajstić information content (AvgIpc) is 2.89. The van der Waals surface area contributed by atoms with Crippen LogP contribution in [0, 0.1) is 11.2 Å². The summed E-state index contributed by atoms with van der Waals surface area (Å²) in [5.41, 5.74) is 2.73. The smallest absolute Gasteiger partial charge is 0.188 e. The Hall–Kier alpha value is -3.63. The van der Waals surface area contributed by atoms with Crippen molar-refractivity contribution in [2.24, 2.45) is 5.41 Å². The van der Waals surface area contributed by atoms with Crippen molar-refractivity contribution in [2.45, 2.75) is 31.9 Å². The minimum absolute atomic E-state index is 0.142. The molecule has 204 valence electrons. The van der Waals surface area contributed by atoms with E-state index >= 15 is 0 Å². The zero-order chi connectivity index (χ0) is 27.0. The quantitative estimate of drug-likeness (QED) is 0.384. The zero-order valence-electron chi connectivity index (χ0n) is 22.3. The Morgan fingerprint density at radius 2 is 2.00 bits per heavy atom. The molecule has 0 unspecified atom stereocenters. The normalized spacial score (nSPS) is 18.4. The Morgan fingerprint density at radius 3 is 2.79 bits per heavy atom. The summed E-state index contributed by atoms with van der Waals surface area (Å²) in [5, 5.41) is 0. The highest BCUT2D eigenvalue weighted by Gasteiger charge is 2.54. The van der Waals surface area contributed by atoms with E-state index in [0.29, 0.717) is 17.9 Å². The number of aldehydes is 1. The Labute approximate surface area is 227 Å². The summed E-state index contributed by atoms with van der Waals surface area (Å²) < 4.78 is 26.0. The number of nitrogens with zero attached hydrogens (tertiary/aromatic N) is 6. The van der Waals surface area contributed by atoms with Gasteiger partial charge in [-0.25, -0.2) is 14.4 Å². The van der Waals surface area contributed by atoms with Crippen LogP contribution in [0.15, 0.2) is 43.0 Å². The SMILES string of the molecule is CN(C)CCN1CCc2nccc(OC3CC4(C3)CN(c3ncncc3Oc3ccc(F)cc3C=O)C4)c2C1. The van der Waals surface area contributed by atoms with E-state index in [2.05, 4.69) is 43.7 Å². The number of hydrogen-bond donors (Lipinski definition) is 0. The van der Waals surface area contributed by atoms with Gasteiger partial charge in [0.2, 0.25) is 0 Å². The van der Waals surface area contributed by atoms with Crippen LogP contribution in [0.3, 0.4) is 0 Å². The first kappa shape index (κ1) is 25.6. The molecule has 0 amide bonds. The van der Waals surface area contributed by atoms with Crippen molar-refractivity contribution in [1.29, 1.82) is 0 Å². The second-order valence-corrected chi connectivity index (χ2v) is 11.2. The van der Waals surface area contributed by atoms with Gasteiger partial charge in [0.25, 0.3) is 0 Å². The van der Waals surface area contributed by atoms with E-state index in [1.807, 2.05) is 12.3 Å². The highest BCUT2D eigenvalue weighted by Crippen LogP contribution is 2.52. The Balaban J connectivity index is 1.07. The van der Waals surface area contributed by atoms with E-state index in [1.165, 1.54) is 24.0 Å². The molecule has 2 fully saturated rings. The highest BCUT2D eigenvalue weighted by molar-refractivity contribution is 5.79. The molecule has 0 radical (unpaired) electrons. The predicted molar refractivity (Wildman–Crippen MR) is 144 cm³/mol. The average molecular weight is 533 g/mol. The first-order valence-electron chi connectivity index (χ1n) is 13.4. The molecule has 9 nitrogen and oxygen atoms in total. The molecule has 3 aromatic rings. The van der Waals surface area contributed by atoms with Gasteiger partial charge in [0.15, 0.2) is 17.9 Å². The van der Waals surface area contributed by atoms with E-state index < -0.39 is 5.82 Å². The van der Waals surface area contributed by atoms with Gasteiger partial charge in [-0.3, -0.25) is 14.7 Å². The zero-order valence-corrected chi connectivity index (χ0v) is 22.3. The molecule has 4 heterocycles. The van der Waals surface area contributed by atoms with Crippen LogP contribution in [0.5, 0.6) is 17.2 Å². The second-order valence-electron chi connectivity index (χ2n) is 11.2. The van der Waals surface area contributed by atoms with Crippen molar-refractivity contribution in [3.05, 3.63) is 65.6 Å². The topological polar surface area (TPSA) is 83.9 Å². The van der Waals surface area contributed by atoms with Crippen LogP contribution in [0.4, 0.5) is 10.2 Å². The van der Waals surface area contributed by atoms with E-state index in [-0.39, 0.29) is 22.8 Å². The molecule has 0 N–H and O–H groups in total. The number of pyridine rings is 1. The van der Waals surface area contributed by atoms with Crippen LogP contribution in [0.25, 0.3) is 0 Å². The lowest BCUT2D eigenvalue weighted by Gasteiger charge is -2.59. The summed E-state index contributed by atoms with van der Waals surface area (Å²) in [6.45, 7) is 5.68. The molecule has 1 saturated heterocycles. The summed E-state index contributed by atoms with van der Waals surface area (Å²) in [5.74, 6) is 1.87. The molecule has 1 aromatic carbocycles. The van der Waals surface area contributed by atoms with Crippen LogP contribution in [0.2, 0.25) is 0 Å². The number of aromatic nitrogens is 3. The Morgan fingerprint density at radius 1 is 1.15 bits per heavy atom. The molecule has 1 spiro atoms. The number of rotatable bonds is 9. The lowest BCUT2D eigenvalue weighted by molar-refractivity contribution is -0.0352. The summed E-state index contributed by atoms with van der Waals surface area (Å²) in [7, 11) is 4.21. The number of carbonyl (C=O) groups excluding carboxylic acids is 1. The molecule has 39 heavy (non-hydrogen) atoms. The van der Waals surface area contributed by atoms with Crippen molar-refractivity contribution in [1.82, 2.24) is 24.8 Å². The third-order valence-electron chi connectivity index (χ3n) is 7.96. The van der Waals surface area contributed by atoms with Gasteiger partial charge in [-0.15, -0.1) is 0 Å². The number of halogens is 1. The number of likely N-dealkylation sites (N-methyl/N-ethyl adjacent to an activating group) is 1. The predicted octanol–water partition coefficient (Wildman–Crippen LogP) is 3.58. The maximum absolute atomic E-state index is 13.5. The minimum atomic E-state index is -0.491. The molecule has 2 aromatic heterocycles. The fraction of sp³-hybridized carbons (Fsp3) is 0.448. The third kappa shape index (κ3) is 5.31. The van der Waals surface area contributed by atoms with E-state index in [0.717, 1.165) is 76.0 Å². The van der Waals surface area contributed by atoms with Crippen molar-refractivity contribution >= 4 is 12.1 Å². The van der Waals surface area contributed by atoms with Crippen LogP contribution in [-0.4, -0.2) is 84.0 Å². The van der Waals surface area contributed by atoms with Gasteiger partial charge in [-0.05, 0) is 51.2 Å². The van der Waals surface area contributed by atoms with E-state index in [9.17, 15) is 9.18 Å². The van der Waals surface area contributed by atoms with Gasteiger partial charge < -0.3 is 19.3 Å². The molecule has 3 aliphatic rings. The summed E-state index contributed by atoms with van der Waals surface area (Å²) in [6, 6.07) is 5.88. The first-order chi connectivity index (χ1) is 18.9. The largest absolute Gasteiger partial charge is 0.490 e. The van der Waals surface area contributed by atoms with Gasteiger partial charge in [-0.1, -0.05) is 0 Å². The van der Waals surface area contributed by atoms with E-state index in [4.69, 9.17) is 9.47 Å². The molecule has 10 heteroatoms. The number of benzene rings is 1. The van der Waals surface area contributed by atoms with Crippen LogP contribution in [0.1, 0.15) is 34.5 Å². The van der Waals surface area contributed by atoms with Gasteiger partial charge in [0.05, 0.1) is 11.8 Å². The van der Waals surface area contributed by atoms with Crippen LogP contribution < -0.4 is 14.4 Å². The molecule has 2 aliphatic heterocycles. The minimum Gasteiger partial charge on any atom is -0.490 e. The molecule has 6 rings (SSSR count). The van der Waals surface area contributed by atoms with Crippen molar-refractivity contribution in [2.75, 3.05) is 51.7 Å². The van der Waals surface area contributed by atoms with Gasteiger partial charge >= 0.3 is 0 Å². The Bertz CT molecular complexity index is 1350. The van der Waals surface area contributed by atoms with Crippen LogP contribution >= 0.6 is 0 Å². The number of anilines is 1. The number of ether oxygens (including phenoxy) is 2. The van der Waals surface area contributed by atoms with E-state index in [1.54, 1.807) is 6.20 Å². The molecular formula is C29H33FN6O3. The molecular weight excluding hydrogens is 499 g/mol. The fourth-order valence-electron chi connectivity index (χ4n) is 5.89. The van der Waals surface area contributed by atoms with Crippen molar-refractivity contribution in [3.63, 3.8) is 0 Å². The first-order valence-corrected chi connectivity index (χ1v) is 13.4. The maximum atomic E-state index is 13.5. The van der Waals surface area contributed by atoms with Crippen LogP contribution in [-0.2, 0) is 13.0 Å².